The maximum Gasteiger partial charge on any atom is 0.335 e. The number of ether oxygens (including phenoxy) is 2. The number of hydrogen-bond donors (Lipinski definition) is 0. The molecule has 2 aromatic carbocycles. The van der Waals surface area contributed by atoms with Crippen molar-refractivity contribution in [1.82, 2.24) is 14.7 Å². The van der Waals surface area contributed by atoms with Gasteiger partial charge in [0.15, 0.2) is 11.5 Å². The number of hydrogen-bond acceptors (Lipinski definition) is 6. The summed E-state index contributed by atoms with van der Waals surface area (Å²) in [6, 6.07) is 15.5. The molecule has 2 aromatic rings. The van der Waals surface area contributed by atoms with Crippen LogP contribution in [0.1, 0.15) is 31.4 Å². The molecule has 0 radical (unpaired) electrons. The number of imide groups is 2. The van der Waals surface area contributed by atoms with E-state index in [1.54, 1.807) is 6.92 Å². The molecule has 2 unspecified atom stereocenters. The number of nitrogens with zero attached hydrogens (tertiary/aromatic N) is 3. The minimum absolute atomic E-state index is 0.139. The molecule has 172 valence electrons. The lowest BCUT2D eigenvalue weighted by molar-refractivity contribution is -0.145. The molecule has 3 aliphatic heterocycles. The van der Waals surface area contributed by atoms with Gasteiger partial charge >= 0.3 is 17.8 Å². The zero-order valence-electron chi connectivity index (χ0n) is 18.6. The lowest BCUT2D eigenvalue weighted by Gasteiger charge is -2.38. The number of piperidine rings is 1. The second-order valence-corrected chi connectivity index (χ2v) is 8.77. The summed E-state index contributed by atoms with van der Waals surface area (Å²) in [6.07, 6.45) is 1.37. The van der Waals surface area contributed by atoms with Crippen molar-refractivity contribution in [2.75, 3.05) is 26.2 Å². The van der Waals surface area contributed by atoms with E-state index in [4.69, 9.17) is 9.47 Å². The summed E-state index contributed by atoms with van der Waals surface area (Å²) in [5.41, 5.74) is 0.814. The highest BCUT2D eigenvalue weighted by molar-refractivity contribution is 6.44. The molecule has 0 spiro atoms. The highest BCUT2D eigenvalue weighted by Gasteiger charge is 2.50. The van der Waals surface area contributed by atoms with Crippen molar-refractivity contribution < 1.29 is 23.9 Å². The number of urea groups is 1. The maximum atomic E-state index is 13.2. The molecule has 3 aliphatic rings. The van der Waals surface area contributed by atoms with Crippen molar-refractivity contribution in [1.29, 1.82) is 0 Å². The average Bonchev–Trinajstić information content (AvgIpc) is 3.07. The first-order valence-corrected chi connectivity index (χ1v) is 11.4. The number of fused-ring (bicyclic) bond motifs is 1. The molecule has 0 aliphatic carbocycles. The Balaban J connectivity index is 1.26. The van der Waals surface area contributed by atoms with Gasteiger partial charge in [-0.25, -0.2) is 9.69 Å². The third-order valence-corrected chi connectivity index (χ3v) is 6.58. The first-order valence-electron chi connectivity index (χ1n) is 11.4. The van der Waals surface area contributed by atoms with E-state index in [9.17, 15) is 14.4 Å². The molecule has 5 rings (SSSR count). The summed E-state index contributed by atoms with van der Waals surface area (Å²) in [5.74, 6) is -0.0251. The van der Waals surface area contributed by atoms with Crippen LogP contribution >= 0.6 is 0 Å². The quantitative estimate of drug-likeness (QED) is 0.516. The van der Waals surface area contributed by atoms with E-state index in [-0.39, 0.29) is 12.1 Å². The summed E-state index contributed by atoms with van der Waals surface area (Å²) in [6.45, 7) is 4.19. The number of benzene rings is 2. The van der Waals surface area contributed by atoms with Gasteiger partial charge in [-0.2, -0.15) is 0 Å². The second kappa shape index (κ2) is 8.86. The Labute approximate surface area is 192 Å². The average molecular weight is 450 g/mol. The summed E-state index contributed by atoms with van der Waals surface area (Å²) < 4.78 is 11.9. The van der Waals surface area contributed by atoms with Crippen LogP contribution in [0.3, 0.4) is 0 Å². The third kappa shape index (κ3) is 4.06. The first-order chi connectivity index (χ1) is 16.0. The molecule has 2 fully saturated rings. The van der Waals surface area contributed by atoms with E-state index in [2.05, 4.69) is 4.90 Å². The van der Waals surface area contributed by atoms with Gasteiger partial charge in [-0.1, -0.05) is 42.5 Å². The van der Waals surface area contributed by atoms with Gasteiger partial charge in [0.1, 0.15) is 12.7 Å². The minimum atomic E-state index is -0.755. The monoisotopic (exact) mass is 449 g/mol. The maximum absolute atomic E-state index is 13.2. The standard InChI is InChI=1S/C25H27N3O5/c1-17(18-8-3-2-4-9-18)27-23(29)24(30)28(25(27)31)19-10-7-13-26(14-19)15-20-16-32-21-11-5-6-12-22(21)33-20/h2-6,8-9,11-12,17,19-20H,7,10,13-16H2,1H3/t17-,19?,20?/m0/s1. The largest absolute Gasteiger partial charge is 0.486 e. The Morgan fingerprint density at radius 1 is 0.970 bits per heavy atom. The molecule has 0 saturated carbocycles. The molecule has 4 amide bonds. The number of likely N-dealkylation sites (tertiary alicyclic amines) is 1. The topological polar surface area (TPSA) is 79.4 Å². The van der Waals surface area contributed by atoms with Crippen LogP contribution in [0.2, 0.25) is 0 Å². The number of rotatable bonds is 5. The highest BCUT2D eigenvalue weighted by atomic mass is 16.6. The zero-order valence-corrected chi connectivity index (χ0v) is 18.6. The van der Waals surface area contributed by atoms with Crippen LogP contribution in [0.5, 0.6) is 11.5 Å². The van der Waals surface area contributed by atoms with Crippen molar-refractivity contribution >= 4 is 17.8 Å². The van der Waals surface area contributed by atoms with E-state index in [0.717, 1.165) is 34.9 Å². The number of carbonyl (C=O) groups is 3. The van der Waals surface area contributed by atoms with Gasteiger partial charge in [-0.3, -0.25) is 19.4 Å². The van der Waals surface area contributed by atoms with E-state index < -0.39 is 23.9 Å². The molecule has 3 heterocycles. The molecule has 8 nitrogen and oxygen atoms in total. The molecule has 2 saturated heterocycles. The van der Waals surface area contributed by atoms with E-state index in [0.29, 0.717) is 26.1 Å². The van der Waals surface area contributed by atoms with Gasteiger partial charge in [0.05, 0.1) is 12.1 Å². The Morgan fingerprint density at radius 3 is 2.48 bits per heavy atom. The van der Waals surface area contributed by atoms with E-state index >= 15 is 0 Å². The van der Waals surface area contributed by atoms with Crippen LogP contribution in [0.4, 0.5) is 4.79 Å². The van der Waals surface area contributed by atoms with Gasteiger partial charge in [0, 0.05) is 13.1 Å². The summed E-state index contributed by atoms with van der Waals surface area (Å²) >= 11 is 0. The zero-order chi connectivity index (χ0) is 22.9. The molecular weight excluding hydrogens is 422 g/mol. The van der Waals surface area contributed by atoms with Gasteiger partial charge in [-0.05, 0) is 44.0 Å². The molecule has 0 bridgehead atoms. The molecule has 8 heteroatoms. The van der Waals surface area contributed by atoms with Gasteiger partial charge in [0.25, 0.3) is 0 Å². The van der Waals surface area contributed by atoms with Crippen LogP contribution in [0, 0.1) is 0 Å². The van der Waals surface area contributed by atoms with Crippen molar-refractivity contribution in [3.05, 3.63) is 60.2 Å². The van der Waals surface area contributed by atoms with E-state index in [1.165, 1.54) is 4.90 Å². The number of para-hydroxylation sites is 2. The lowest BCUT2D eigenvalue weighted by atomic mass is 10.0. The molecular formula is C25H27N3O5. The van der Waals surface area contributed by atoms with Gasteiger partial charge in [0.2, 0.25) is 0 Å². The lowest BCUT2D eigenvalue weighted by Crippen LogP contribution is -2.53. The molecule has 33 heavy (non-hydrogen) atoms. The predicted octanol–water partition coefficient (Wildman–Crippen LogP) is 2.84. The number of carbonyl (C=O) groups excluding carboxylic acids is 3. The van der Waals surface area contributed by atoms with Crippen LogP contribution in [0.15, 0.2) is 54.6 Å². The Hall–Kier alpha value is -3.39. The SMILES string of the molecule is C[C@@H](c1ccccc1)N1C(=O)C(=O)N(C2CCCN(CC3COc4ccccc4O3)C2)C1=O. The Morgan fingerprint density at radius 2 is 1.70 bits per heavy atom. The smallest absolute Gasteiger partial charge is 0.335 e. The molecule has 0 aromatic heterocycles. The summed E-state index contributed by atoms with van der Waals surface area (Å²) in [4.78, 5) is 43.3. The Bertz CT molecular complexity index is 1060. The fourth-order valence-electron chi connectivity index (χ4n) is 4.89. The van der Waals surface area contributed by atoms with Crippen LogP contribution in [-0.4, -0.2) is 70.9 Å². The van der Waals surface area contributed by atoms with Gasteiger partial charge in [-0.15, -0.1) is 0 Å². The Kier molecular flexibility index (Phi) is 5.76. The van der Waals surface area contributed by atoms with Crippen molar-refractivity contribution in [2.45, 2.75) is 38.0 Å². The predicted molar refractivity (Wildman–Crippen MR) is 120 cm³/mol. The normalized spacial score (nSPS) is 24.3. The highest BCUT2D eigenvalue weighted by Crippen LogP contribution is 2.32. The molecule has 0 N–H and O–H groups in total. The first kappa shape index (κ1) is 21.5. The fourth-order valence-corrected chi connectivity index (χ4v) is 4.89. The van der Waals surface area contributed by atoms with Crippen molar-refractivity contribution in [3.63, 3.8) is 0 Å². The number of amides is 4. The van der Waals surface area contributed by atoms with Crippen molar-refractivity contribution in [2.24, 2.45) is 0 Å². The fraction of sp³-hybridized carbons (Fsp3) is 0.400. The van der Waals surface area contributed by atoms with E-state index in [1.807, 2.05) is 54.6 Å². The summed E-state index contributed by atoms with van der Waals surface area (Å²) in [7, 11) is 0. The minimum Gasteiger partial charge on any atom is -0.486 e. The summed E-state index contributed by atoms with van der Waals surface area (Å²) in [5, 5.41) is 0. The molecule has 3 atom stereocenters. The van der Waals surface area contributed by atoms with Gasteiger partial charge < -0.3 is 9.47 Å². The van der Waals surface area contributed by atoms with Crippen LogP contribution in [-0.2, 0) is 9.59 Å². The third-order valence-electron chi connectivity index (χ3n) is 6.58. The van der Waals surface area contributed by atoms with Crippen molar-refractivity contribution in [3.8, 4) is 11.5 Å². The van der Waals surface area contributed by atoms with Crippen LogP contribution < -0.4 is 9.47 Å². The second-order valence-electron chi connectivity index (χ2n) is 8.77. The van der Waals surface area contributed by atoms with Crippen LogP contribution in [0.25, 0.3) is 0 Å².